The molecule has 0 heterocycles. The van der Waals surface area contributed by atoms with Gasteiger partial charge in [0.2, 0.25) is 5.91 Å². The zero-order valence-electron chi connectivity index (χ0n) is 13.5. The topological polar surface area (TPSA) is 41.1 Å². The molecule has 2 radical (unpaired) electrons. The van der Waals surface area contributed by atoms with E-state index in [0.29, 0.717) is 17.0 Å². The van der Waals surface area contributed by atoms with E-state index in [1.807, 2.05) is 32.9 Å². The van der Waals surface area contributed by atoms with Crippen LogP contribution in [0.1, 0.15) is 38.7 Å². The van der Waals surface area contributed by atoms with E-state index in [1.165, 1.54) is 0 Å². The van der Waals surface area contributed by atoms with Crippen molar-refractivity contribution in [3.63, 3.8) is 0 Å². The third-order valence-corrected chi connectivity index (χ3v) is 4.30. The number of rotatable bonds is 6. The van der Waals surface area contributed by atoms with Crippen LogP contribution >= 0.6 is 12.2 Å². The third-order valence-electron chi connectivity index (χ3n) is 4.10. The largest absolute Gasteiger partial charge is 0.332 e. The average Bonchev–Trinajstić information content (AvgIpc) is 2.47. The number of carbonyl (C=O) groups is 1. The maximum absolute atomic E-state index is 12.6. The molecule has 22 heavy (non-hydrogen) atoms. The molecule has 2 N–H and O–H groups in total. The van der Waals surface area contributed by atoms with Crippen molar-refractivity contribution in [2.24, 2.45) is 5.41 Å². The monoisotopic (exact) mass is 314 g/mol. The first-order valence-electron chi connectivity index (χ1n) is 7.48. The Labute approximate surface area is 140 Å². The van der Waals surface area contributed by atoms with Crippen LogP contribution in [0.2, 0.25) is 0 Å². The van der Waals surface area contributed by atoms with Gasteiger partial charge in [-0.05, 0) is 50.0 Å². The van der Waals surface area contributed by atoms with Crippen LogP contribution in [0.5, 0.6) is 0 Å². The van der Waals surface area contributed by atoms with Crippen LogP contribution in [-0.4, -0.2) is 18.9 Å². The summed E-state index contributed by atoms with van der Waals surface area (Å²) in [4.78, 5) is 12.6. The minimum atomic E-state index is -0.455. The van der Waals surface area contributed by atoms with Crippen molar-refractivity contribution in [3.8, 4) is 0 Å². The number of benzene rings is 1. The second-order valence-corrected chi connectivity index (χ2v) is 5.87. The maximum Gasteiger partial charge on any atom is 0.232 e. The number of hydrogen-bond acceptors (Lipinski definition) is 2. The van der Waals surface area contributed by atoms with Gasteiger partial charge in [-0.2, -0.15) is 0 Å². The molecule has 1 aromatic carbocycles. The van der Waals surface area contributed by atoms with Crippen LogP contribution in [0.15, 0.2) is 30.9 Å². The Morgan fingerprint density at radius 2 is 2.05 bits per heavy atom. The molecule has 0 saturated carbocycles. The summed E-state index contributed by atoms with van der Waals surface area (Å²) in [5.41, 5.74) is 2.05. The number of allylic oxidation sites excluding steroid dienone is 1. The van der Waals surface area contributed by atoms with E-state index in [0.717, 1.165) is 24.1 Å². The fraction of sp³-hybridized carbons (Fsp3) is 0.412. The van der Waals surface area contributed by atoms with Crippen LogP contribution in [0.25, 0.3) is 0 Å². The SMILES string of the molecule is [B]c1ccc(NC(=S)NC(=O)C(CC)(CC)CC=C)c(C)c1. The Morgan fingerprint density at radius 1 is 1.41 bits per heavy atom. The number of thiocarbonyl (C=S) groups is 1. The van der Waals surface area contributed by atoms with Crippen molar-refractivity contribution < 1.29 is 4.79 Å². The first-order chi connectivity index (χ1) is 10.4. The first-order valence-corrected chi connectivity index (χ1v) is 7.88. The number of carbonyl (C=O) groups excluding carboxylic acids is 1. The number of aryl methyl sites for hydroxylation is 1. The summed E-state index contributed by atoms with van der Waals surface area (Å²) in [5.74, 6) is -0.0667. The lowest BCUT2D eigenvalue weighted by atomic mass is 9.78. The highest BCUT2D eigenvalue weighted by atomic mass is 32.1. The fourth-order valence-corrected chi connectivity index (χ4v) is 2.65. The van der Waals surface area contributed by atoms with Crippen molar-refractivity contribution in [1.29, 1.82) is 0 Å². The summed E-state index contributed by atoms with van der Waals surface area (Å²) in [6.45, 7) is 9.70. The maximum atomic E-state index is 12.6. The van der Waals surface area contributed by atoms with Gasteiger partial charge in [0.25, 0.3) is 0 Å². The zero-order chi connectivity index (χ0) is 16.8. The molecule has 0 saturated heterocycles. The molecular formula is C17H23BN2OS. The van der Waals surface area contributed by atoms with Crippen molar-refractivity contribution in [2.75, 3.05) is 5.32 Å². The van der Waals surface area contributed by atoms with Crippen molar-refractivity contribution in [1.82, 2.24) is 5.32 Å². The van der Waals surface area contributed by atoms with E-state index in [-0.39, 0.29) is 5.91 Å². The Hall–Kier alpha value is -1.62. The third kappa shape index (κ3) is 4.44. The average molecular weight is 314 g/mol. The predicted molar refractivity (Wildman–Crippen MR) is 98.8 cm³/mol. The van der Waals surface area contributed by atoms with E-state index in [2.05, 4.69) is 17.2 Å². The van der Waals surface area contributed by atoms with Gasteiger partial charge >= 0.3 is 0 Å². The van der Waals surface area contributed by atoms with Gasteiger partial charge in [0.1, 0.15) is 7.85 Å². The van der Waals surface area contributed by atoms with Crippen LogP contribution < -0.4 is 16.1 Å². The van der Waals surface area contributed by atoms with Crippen molar-refractivity contribution in [2.45, 2.75) is 40.0 Å². The molecule has 0 aliphatic heterocycles. The molecule has 0 bridgehead atoms. The molecule has 0 unspecified atom stereocenters. The molecule has 1 aromatic rings. The van der Waals surface area contributed by atoms with E-state index >= 15 is 0 Å². The Kier molecular flexibility index (Phi) is 6.81. The Morgan fingerprint density at radius 3 is 2.55 bits per heavy atom. The molecule has 0 aromatic heterocycles. The summed E-state index contributed by atoms with van der Waals surface area (Å²) in [6.07, 6.45) is 3.90. The molecule has 0 aliphatic carbocycles. The Bertz CT molecular complexity index is 568. The van der Waals surface area contributed by atoms with Gasteiger partial charge in [0.05, 0.1) is 5.41 Å². The minimum Gasteiger partial charge on any atom is -0.332 e. The Balaban J connectivity index is 2.78. The van der Waals surface area contributed by atoms with Gasteiger partial charge in [0, 0.05) is 5.69 Å². The molecule has 0 spiro atoms. The van der Waals surface area contributed by atoms with Gasteiger partial charge < -0.3 is 10.6 Å². The summed E-state index contributed by atoms with van der Waals surface area (Å²) < 4.78 is 0. The molecule has 0 atom stereocenters. The number of hydrogen-bond donors (Lipinski definition) is 2. The molecule has 0 aliphatic rings. The molecule has 1 amide bonds. The summed E-state index contributed by atoms with van der Waals surface area (Å²) in [6, 6.07) is 5.49. The molecule has 116 valence electrons. The summed E-state index contributed by atoms with van der Waals surface area (Å²) in [5, 5.41) is 6.15. The van der Waals surface area contributed by atoms with E-state index < -0.39 is 5.41 Å². The quantitative estimate of drug-likeness (QED) is 0.482. The van der Waals surface area contributed by atoms with Gasteiger partial charge in [-0.15, -0.1) is 6.58 Å². The normalized spacial score (nSPS) is 10.9. The van der Waals surface area contributed by atoms with Crippen molar-refractivity contribution in [3.05, 3.63) is 36.4 Å². The summed E-state index contributed by atoms with van der Waals surface area (Å²) >= 11 is 5.25. The molecule has 0 fully saturated rings. The van der Waals surface area contributed by atoms with Gasteiger partial charge in [-0.1, -0.05) is 37.5 Å². The lowest BCUT2D eigenvalue weighted by Gasteiger charge is -2.29. The fourth-order valence-electron chi connectivity index (χ4n) is 2.45. The van der Waals surface area contributed by atoms with Gasteiger partial charge in [-0.3, -0.25) is 4.79 Å². The second-order valence-electron chi connectivity index (χ2n) is 5.46. The first kappa shape index (κ1) is 18.4. The lowest BCUT2D eigenvalue weighted by molar-refractivity contribution is -0.129. The lowest BCUT2D eigenvalue weighted by Crippen LogP contribution is -2.44. The van der Waals surface area contributed by atoms with Crippen LogP contribution in [0, 0.1) is 12.3 Å². The number of nitrogens with one attached hydrogen (secondary N) is 2. The molecule has 1 rings (SSSR count). The second kappa shape index (κ2) is 8.13. The number of anilines is 1. The zero-order valence-corrected chi connectivity index (χ0v) is 14.3. The van der Waals surface area contributed by atoms with Crippen LogP contribution in [0.4, 0.5) is 5.69 Å². The van der Waals surface area contributed by atoms with Crippen molar-refractivity contribution >= 4 is 42.2 Å². The molecule has 3 nitrogen and oxygen atoms in total. The van der Waals surface area contributed by atoms with Crippen LogP contribution in [0.3, 0.4) is 0 Å². The smallest absolute Gasteiger partial charge is 0.232 e. The van der Waals surface area contributed by atoms with Crippen LogP contribution in [-0.2, 0) is 4.79 Å². The van der Waals surface area contributed by atoms with E-state index in [1.54, 1.807) is 12.1 Å². The predicted octanol–water partition coefficient (Wildman–Crippen LogP) is 2.98. The highest BCUT2D eigenvalue weighted by Crippen LogP contribution is 2.31. The van der Waals surface area contributed by atoms with E-state index in [9.17, 15) is 4.79 Å². The summed E-state index contributed by atoms with van der Waals surface area (Å²) in [7, 11) is 5.73. The molecular weight excluding hydrogens is 291 g/mol. The highest BCUT2D eigenvalue weighted by molar-refractivity contribution is 7.80. The van der Waals surface area contributed by atoms with Gasteiger partial charge in [0.15, 0.2) is 5.11 Å². The standard InChI is InChI=1S/C17H23BN2OS/c1-5-10-17(6-2,7-3)15(21)20-16(22)19-14-9-8-13(18)11-12(14)4/h5,8-9,11H,1,6-7,10H2,2-4H3,(H2,19,20,21,22). The highest BCUT2D eigenvalue weighted by Gasteiger charge is 2.33. The van der Waals surface area contributed by atoms with Gasteiger partial charge in [-0.25, -0.2) is 0 Å². The number of amides is 1. The minimum absolute atomic E-state index is 0.0667. The van der Waals surface area contributed by atoms with E-state index in [4.69, 9.17) is 20.1 Å². The molecule has 5 heteroatoms.